The molecule has 0 saturated carbocycles. The first-order valence-corrected chi connectivity index (χ1v) is 9.79. The second-order valence-corrected chi connectivity index (χ2v) is 7.91. The van der Waals surface area contributed by atoms with Gasteiger partial charge < -0.3 is 5.11 Å². The third kappa shape index (κ3) is 3.59. The van der Waals surface area contributed by atoms with Crippen LogP contribution in [0.4, 0.5) is 5.13 Å². The minimum atomic E-state index is -0.736. The topological polar surface area (TPSA) is 100 Å². The standard InChI is InChI=1S/C20H15ClN4O3S/c1-10-3-5-13(7-11(10)2)25-18(27)14(17(26)24-20(25)28)9-22-19-23-15-6-4-12(21)8-16(15)29-19/h3-9,27H,1-2H3,(H,24,26,28). The monoisotopic (exact) mass is 426 g/mol. The highest BCUT2D eigenvalue weighted by atomic mass is 35.5. The number of rotatable bonds is 3. The Hall–Kier alpha value is -3.23. The molecular weight excluding hydrogens is 412 g/mol. The molecule has 0 aliphatic heterocycles. The number of hydrogen-bond donors (Lipinski definition) is 2. The van der Waals surface area contributed by atoms with Crippen LogP contribution in [0, 0.1) is 13.8 Å². The zero-order chi connectivity index (χ0) is 20.7. The number of aromatic hydroxyl groups is 1. The minimum Gasteiger partial charge on any atom is -0.493 e. The fourth-order valence-corrected chi connectivity index (χ4v) is 3.91. The number of H-pyrrole nitrogens is 1. The van der Waals surface area contributed by atoms with E-state index in [2.05, 4.69) is 15.0 Å². The predicted molar refractivity (Wildman–Crippen MR) is 116 cm³/mol. The van der Waals surface area contributed by atoms with Crippen LogP contribution in [0.25, 0.3) is 15.9 Å². The van der Waals surface area contributed by atoms with Gasteiger partial charge in [-0.25, -0.2) is 19.3 Å². The molecule has 0 aliphatic rings. The number of halogens is 1. The summed E-state index contributed by atoms with van der Waals surface area (Å²) in [5, 5.41) is 11.6. The Balaban J connectivity index is 1.81. The normalized spacial score (nSPS) is 11.6. The van der Waals surface area contributed by atoms with Gasteiger partial charge in [-0.2, -0.15) is 0 Å². The molecule has 29 heavy (non-hydrogen) atoms. The van der Waals surface area contributed by atoms with Gasteiger partial charge in [0.15, 0.2) is 0 Å². The summed E-state index contributed by atoms with van der Waals surface area (Å²) in [5.41, 5.74) is 1.55. The van der Waals surface area contributed by atoms with E-state index in [9.17, 15) is 14.7 Å². The van der Waals surface area contributed by atoms with Gasteiger partial charge in [0.1, 0.15) is 5.56 Å². The third-order valence-corrected chi connectivity index (χ3v) is 5.67. The van der Waals surface area contributed by atoms with Crippen molar-refractivity contribution in [3.8, 4) is 11.6 Å². The Labute approximate surface area is 173 Å². The Kier molecular flexibility index (Phi) is 4.81. The van der Waals surface area contributed by atoms with Crippen LogP contribution in [-0.2, 0) is 0 Å². The maximum absolute atomic E-state index is 12.3. The number of benzene rings is 2. The lowest BCUT2D eigenvalue weighted by Crippen LogP contribution is -2.31. The first-order valence-electron chi connectivity index (χ1n) is 8.59. The smallest absolute Gasteiger partial charge is 0.335 e. The zero-order valence-corrected chi connectivity index (χ0v) is 17.0. The molecule has 2 aromatic heterocycles. The number of aryl methyl sites for hydroxylation is 2. The van der Waals surface area contributed by atoms with Gasteiger partial charge in [0.25, 0.3) is 5.56 Å². The zero-order valence-electron chi connectivity index (χ0n) is 15.4. The Bertz CT molecular complexity index is 1400. The number of aliphatic imine (C=N–C) groups is 1. The molecule has 0 fully saturated rings. The van der Waals surface area contributed by atoms with Crippen LogP contribution in [-0.4, -0.2) is 25.9 Å². The number of hydrogen-bond acceptors (Lipinski definition) is 6. The van der Waals surface area contributed by atoms with E-state index < -0.39 is 17.1 Å². The Morgan fingerprint density at radius 2 is 1.97 bits per heavy atom. The summed E-state index contributed by atoms with van der Waals surface area (Å²) in [6, 6.07) is 10.6. The van der Waals surface area contributed by atoms with E-state index in [0.717, 1.165) is 25.9 Å². The maximum atomic E-state index is 12.3. The average molecular weight is 427 g/mol. The molecule has 0 atom stereocenters. The summed E-state index contributed by atoms with van der Waals surface area (Å²) in [5.74, 6) is -0.491. The second-order valence-electron chi connectivity index (χ2n) is 6.47. The van der Waals surface area contributed by atoms with Gasteiger partial charge in [-0.05, 0) is 55.3 Å². The van der Waals surface area contributed by atoms with Crippen LogP contribution in [0.15, 0.2) is 51.0 Å². The fourth-order valence-electron chi connectivity index (χ4n) is 2.82. The number of fused-ring (bicyclic) bond motifs is 1. The Morgan fingerprint density at radius 3 is 2.72 bits per heavy atom. The van der Waals surface area contributed by atoms with E-state index in [1.165, 1.54) is 17.6 Å². The van der Waals surface area contributed by atoms with Crippen molar-refractivity contribution < 1.29 is 5.11 Å². The van der Waals surface area contributed by atoms with Crippen molar-refractivity contribution in [3.05, 3.63) is 78.9 Å². The number of aromatic amines is 1. The van der Waals surface area contributed by atoms with Crippen molar-refractivity contribution >= 4 is 44.5 Å². The van der Waals surface area contributed by atoms with Crippen molar-refractivity contribution in [1.29, 1.82) is 0 Å². The van der Waals surface area contributed by atoms with E-state index in [4.69, 9.17) is 11.6 Å². The molecule has 4 aromatic rings. The highest BCUT2D eigenvalue weighted by molar-refractivity contribution is 7.22. The van der Waals surface area contributed by atoms with Gasteiger partial charge in [-0.3, -0.25) is 9.78 Å². The molecule has 0 unspecified atom stereocenters. The van der Waals surface area contributed by atoms with Crippen molar-refractivity contribution in [2.24, 2.45) is 4.99 Å². The van der Waals surface area contributed by atoms with E-state index in [0.29, 0.717) is 15.8 Å². The number of thiazole rings is 1. The molecule has 146 valence electrons. The summed E-state index contributed by atoms with van der Waals surface area (Å²) in [6.45, 7) is 3.84. The first kappa shape index (κ1) is 19.1. The molecule has 0 radical (unpaired) electrons. The lowest BCUT2D eigenvalue weighted by molar-refractivity contribution is 0.430. The molecule has 2 heterocycles. The van der Waals surface area contributed by atoms with Gasteiger partial charge in [-0.15, -0.1) is 0 Å². The SMILES string of the molecule is Cc1ccc(-n2c(O)c(C=Nc3nc4ccc(Cl)cc4s3)c(=O)[nH]c2=O)cc1C. The van der Waals surface area contributed by atoms with E-state index in [1.54, 1.807) is 30.3 Å². The summed E-state index contributed by atoms with van der Waals surface area (Å²) < 4.78 is 1.88. The van der Waals surface area contributed by atoms with Crippen molar-refractivity contribution in [3.63, 3.8) is 0 Å². The molecule has 0 amide bonds. The van der Waals surface area contributed by atoms with Gasteiger partial charge in [-0.1, -0.05) is 29.0 Å². The van der Waals surface area contributed by atoms with Crippen molar-refractivity contribution in [2.75, 3.05) is 0 Å². The average Bonchev–Trinajstić information content (AvgIpc) is 3.06. The van der Waals surface area contributed by atoms with E-state index in [-0.39, 0.29) is 5.56 Å². The van der Waals surface area contributed by atoms with Crippen LogP contribution in [0.5, 0.6) is 5.88 Å². The molecule has 0 saturated heterocycles. The summed E-state index contributed by atoms with van der Waals surface area (Å²) in [6.07, 6.45) is 1.20. The fraction of sp³-hybridized carbons (Fsp3) is 0.100. The summed E-state index contributed by atoms with van der Waals surface area (Å²) >= 11 is 7.28. The first-order chi connectivity index (χ1) is 13.8. The van der Waals surface area contributed by atoms with Crippen LogP contribution >= 0.6 is 22.9 Å². The van der Waals surface area contributed by atoms with Crippen LogP contribution in [0.1, 0.15) is 16.7 Å². The highest BCUT2D eigenvalue weighted by Gasteiger charge is 2.15. The van der Waals surface area contributed by atoms with Crippen molar-refractivity contribution in [1.82, 2.24) is 14.5 Å². The lowest BCUT2D eigenvalue weighted by atomic mass is 10.1. The lowest BCUT2D eigenvalue weighted by Gasteiger charge is -2.11. The minimum absolute atomic E-state index is 0.139. The number of nitrogens with one attached hydrogen (secondary N) is 1. The summed E-state index contributed by atoms with van der Waals surface area (Å²) in [7, 11) is 0. The second kappa shape index (κ2) is 7.31. The largest absolute Gasteiger partial charge is 0.493 e. The quantitative estimate of drug-likeness (QED) is 0.486. The molecule has 0 bridgehead atoms. The predicted octanol–water partition coefficient (Wildman–Crippen LogP) is 3.86. The molecule has 2 aromatic carbocycles. The van der Waals surface area contributed by atoms with Crippen LogP contribution < -0.4 is 11.2 Å². The number of aromatic nitrogens is 3. The summed E-state index contributed by atoms with van der Waals surface area (Å²) in [4.78, 5) is 35.3. The third-order valence-electron chi connectivity index (χ3n) is 4.51. The molecule has 0 spiro atoms. The van der Waals surface area contributed by atoms with E-state index >= 15 is 0 Å². The van der Waals surface area contributed by atoms with Crippen LogP contribution in [0.2, 0.25) is 5.02 Å². The van der Waals surface area contributed by atoms with Crippen LogP contribution in [0.3, 0.4) is 0 Å². The molecule has 9 heteroatoms. The van der Waals surface area contributed by atoms with Gasteiger partial charge in [0.2, 0.25) is 11.0 Å². The highest BCUT2D eigenvalue weighted by Crippen LogP contribution is 2.30. The van der Waals surface area contributed by atoms with Crippen molar-refractivity contribution in [2.45, 2.75) is 13.8 Å². The molecular formula is C20H15ClN4O3S. The van der Waals surface area contributed by atoms with Gasteiger partial charge in [0, 0.05) is 11.2 Å². The molecule has 0 aliphatic carbocycles. The maximum Gasteiger partial charge on any atom is 0.335 e. The molecule has 2 N–H and O–H groups in total. The number of nitrogens with zero attached hydrogens (tertiary/aromatic N) is 3. The van der Waals surface area contributed by atoms with Gasteiger partial charge >= 0.3 is 5.69 Å². The van der Waals surface area contributed by atoms with Gasteiger partial charge in [0.05, 0.1) is 15.9 Å². The Morgan fingerprint density at radius 1 is 1.17 bits per heavy atom. The molecule has 7 nitrogen and oxygen atoms in total. The molecule has 4 rings (SSSR count). The van der Waals surface area contributed by atoms with E-state index in [1.807, 2.05) is 19.9 Å².